The molecule has 0 aliphatic carbocycles. The Hall–Kier alpha value is -5.25. The first-order valence-corrected chi connectivity index (χ1v) is 35.5. The van der Waals surface area contributed by atoms with Crippen molar-refractivity contribution in [2.24, 2.45) is 0 Å². The van der Waals surface area contributed by atoms with Crippen molar-refractivity contribution in [3.05, 3.63) is 0 Å². The van der Waals surface area contributed by atoms with Crippen LogP contribution in [-0.2, 0) is 71.6 Å². The highest BCUT2D eigenvalue weighted by molar-refractivity contribution is 5.73. The van der Waals surface area contributed by atoms with Gasteiger partial charge in [0.1, 0.15) is 0 Å². The molecule has 0 atom stereocenters. The summed E-state index contributed by atoms with van der Waals surface area (Å²) in [5.41, 5.74) is 0. The Labute approximate surface area is 572 Å². The van der Waals surface area contributed by atoms with Gasteiger partial charge in [-0.3, -0.25) is 57.9 Å². The number of rotatable bonds is 30. The summed E-state index contributed by atoms with van der Waals surface area (Å²) in [5, 5.41) is 37.2. The number of carbonyl (C=O) groups excluding carboxylic acids is 6. The predicted molar refractivity (Wildman–Crippen MR) is 365 cm³/mol. The van der Waals surface area contributed by atoms with Crippen LogP contribution in [0.2, 0.25) is 0 Å². The largest absolute Gasteiger partial charge is 0.481 e. The molecule has 3 rings (SSSR count). The monoisotopic (exact) mass is 1370 g/mol. The van der Waals surface area contributed by atoms with Gasteiger partial charge in [-0.25, -0.2) is 0 Å². The molecule has 0 saturated carbocycles. The zero-order valence-corrected chi connectivity index (χ0v) is 59.6. The Morgan fingerprint density at radius 2 is 0.448 bits per heavy atom. The fourth-order valence-electron chi connectivity index (χ4n) is 11.0. The van der Waals surface area contributed by atoms with E-state index in [9.17, 15) is 43.2 Å². The van der Waals surface area contributed by atoms with E-state index in [0.29, 0.717) is 131 Å². The third-order valence-corrected chi connectivity index (χ3v) is 16.1. The van der Waals surface area contributed by atoms with Gasteiger partial charge in [0.2, 0.25) is 0 Å². The maximum absolute atomic E-state index is 12.1. The van der Waals surface area contributed by atoms with E-state index in [4.69, 9.17) is 43.7 Å². The highest BCUT2D eigenvalue weighted by atomic mass is 16.6. The Morgan fingerprint density at radius 1 is 0.250 bits per heavy atom. The minimum atomic E-state index is -0.832. The van der Waals surface area contributed by atoms with Crippen LogP contribution in [0.5, 0.6) is 0 Å². The molecule has 0 bridgehead atoms. The number of nitrogens with zero attached hydrogens (tertiary/aromatic N) is 9. The van der Waals surface area contributed by atoms with Crippen LogP contribution in [0.1, 0.15) is 119 Å². The number of carboxylic acids is 3. The molecule has 558 valence electrons. The zero-order valence-electron chi connectivity index (χ0n) is 59.6. The summed E-state index contributed by atoms with van der Waals surface area (Å²) >= 11 is 0. The number of carbonyl (C=O) groups is 9. The van der Waals surface area contributed by atoms with E-state index in [-0.39, 0.29) is 74.7 Å². The van der Waals surface area contributed by atoms with E-state index < -0.39 is 17.9 Å². The molecule has 0 aromatic carbocycles. The van der Waals surface area contributed by atoms with Gasteiger partial charge in [-0.15, -0.1) is 0 Å². The molecule has 96 heavy (non-hydrogen) atoms. The van der Waals surface area contributed by atoms with Crippen molar-refractivity contribution in [3.63, 3.8) is 0 Å². The van der Waals surface area contributed by atoms with Gasteiger partial charge in [-0.05, 0) is 146 Å². The maximum atomic E-state index is 12.1. The van der Waals surface area contributed by atoms with Crippen molar-refractivity contribution >= 4 is 53.7 Å². The van der Waals surface area contributed by atoms with Gasteiger partial charge in [0.25, 0.3) is 0 Å². The van der Waals surface area contributed by atoms with Crippen molar-refractivity contribution in [2.45, 2.75) is 119 Å². The molecule has 0 aromatic rings. The standard InChI is InChI=1S/C25H48N4O6.C22H42N4O6.C19H36N4O6/c1-4-33-23(30)9-17-27-15-8-16-29(19-11-25(32)35-6-3)22-21-28(14-7-12-26-13-20-27)18-10-24(31)34-5-2;1-4-30-20(27)17-24-12-8-13-26(19-22(29)32-6-3)16-15-25(18-21(28)31-5-2)11-7-9-23-10-14-24;24-17(25)3-11-21-9-2-10-23(13-5-19(28)29)16-15-22(12-4-18(26)27)8-1-6-20-7-14-21/h26H,4-22H2,1-3H3;23H,4-19H2,1-3H3;20H,1-16H2,(H,24,25)(H,26,27)(H,28,29). The van der Waals surface area contributed by atoms with Gasteiger partial charge in [-0.1, -0.05) is 0 Å². The number of hydrogen-bond donors (Lipinski definition) is 6. The lowest BCUT2D eigenvalue weighted by Crippen LogP contribution is -2.43. The lowest BCUT2D eigenvalue weighted by molar-refractivity contribution is -0.146. The molecular formula is C66H126N12O18. The van der Waals surface area contributed by atoms with E-state index in [1.165, 1.54) is 0 Å². The number of carboxylic acid groups (broad SMARTS) is 3. The van der Waals surface area contributed by atoms with Crippen LogP contribution in [-0.4, -0.2) is 369 Å². The highest BCUT2D eigenvalue weighted by Gasteiger charge is 2.21. The van der Waals surface area contributed by atoms with Gasteiger partial charge >= 0.3 is 53.7 Å². The Bertz CT molecular complexity index is 2090. The van der Waals surface area contributed by atoms with Crippen LogP contribution in [0, 0.1) is 0 Å². The maximum Gasteiger partial charge on any atom is 0.320 e. The number of hydrogen-bond acceptors (Lipinski definition) is 27. The summed E-state index contributed by atoms with van der Waals surface area (Å²) in [6, 6.07) is 0. The van der Waals surface area contributed by atoms with E-state index in [0.717, 1.165) is 163 Å². The Morgan fingerprint density at radius 3 is 0.719 bits per heavy atom. The molecule has 0 amide bonds. The van der Waals surface area contributed by atoms with Gasteiger partial charge in [-0.2, -0.15) is 0 Å². The summed E-state index contributed by atoms with van der Waals surface area (Å²) in [5.74, 6) is -3.63. The van der Waals surface area contributed by atoms with Crippen LogP contribution in [0.25, 0.3) is 0 Å². The summed E-state index contributed by atoms with van der Waals surface area (Å²) in [6.45, 7) is 36.1. The summed E-state index contributed by atoms with van der Waals surface area (Å²) in [7, 11) is 0. The first-order valence-electron chi connectivity index (χ1n) is 35.5. The van der Waals surface area contributed by atoms with Gasteiger partial charge in [0.15, 0.2) is 0 Å². The normalized spacial score (nSPS) is 18.6. The molecule has 3 fully saturated rings. The number of ether oxygens (including phenoxy) is 6. The third kappa shape index (κ3) is 51.9. The molecular weight excluding hydrogens is 1250 g/mol. The minimum Gasteiger partial charge on any atom is -0.481 e. The smallest absolute Gasteiger partial charge is 0.320 e. The predicted octanol–water partition coefficient (Wildman–Crippen LogP) is 0.800. The molecule has 0 aromatic heterocycles. The van der Waals surface area contributed by atoms with Crippen LogP contribution >= 0.6 is 0 Å². The SMILES string of the molecule is CCOC(=O)CCN1CCCN(CCC(=O)OCC)CCN(CCC(=O)OCC)CCCNCC1.CCOC(=O)CN1CCCN(CC(=O)OCC)CCN(CC(=O)OCC)CCCNCC1.O=C(O)CCN1CCCN(CCC(=O)O)CCN(CCC(=O)O)CCCNCC1. The topological polar surface area (TPSA) is 335 Å². The van der Waals surface area contributed by atoms with Crippen molar-refractivity contribution in [3.8, 4) is 0 Å². The fourth-order valence-corrected chi connectivity index (χ4v) is 11.0. The molecule has 3 heterocycles. The van der Waals surface area contributed by atoms with Crippen molar-refractivity contribution in [1.29, 1.82) is 0 Å². The molecule has 0 unspecified atom stereocenters. The molecule has 3 aliphatic rings. The minimum absolute atomic E-state index is 0.0712. The van der Waals surface area contributed by atoms with Crippen LogP contribution in [0.15, 0.2) is 0 Å². The molecule has 6 N–H and O–H groups in total. The number of esters is 6. The van der Waals surface area contributed by atoms with Crippen LogP contribution < -0.4 is 16.0 Å². The molecule has 30 heteroatoms. The van der Waals surface area contributed by atoms with Gasteiger partial charge < -0.3 is 89.1 Å². The van der Waals surface area contributed by atoms with Crippen LogP contribution in [0.4, 0.5) is 0 Å². The molecule has 3 aliphatic heterocycles. The molecule has 3 saturated heterocycles. The van der Waals surface area contributed by atoms with E-state index in [1.807, 2.05) is 20.8 Å². The quantitative estimate of drug-likeness (QED) is 0.0428. The lowest BCUT2D eigenvalue weighted by atomic mass is 10.2. The Kier molecular flexibility index (Phi) is 55.3. The van der Waals surface area contributed by atoms with E-state index >= 15 is 0 Å². The first-order chi connectivity index (χ1) is 46.3. The van der Waals surface area contributed by atoms with E-state index in [1.54, 1.807) is 20.8 Å². The summed E-state index contributed by atoms with van der Waals surface area (Å²) < 4.78 is 30.6. The van der Waals surface area contributed by atoms with E-state index in [2.05, 4.69) is 60.0 Å². The average Bonchev–Trinajstić information content (AvgIpc) is 1.66. The van der Waals surface area contributed by atoms with Crippen molar-refractivity contribution in [1.82, 2.24) is 60.0 Å². The van der Waals surface area contributed by atoms with Gasteiger partial charge in [0.05, 0.1) is 97.8 Å². The molecule has 0 spiro atoms. The highest BCUT2D eigenvalue weighted by Crippen LogP contribution is 2.08. The second-order valence-electron chi connectivity index (χ2n) is 23.8. The zero-order chi connectivity index (χ0) is 70.8. The Balaban J connectivity index is 0.000000723. The number of nitrogens with one attached hydrogen (secondary N) is 3. The van der Waals surface area contributed by atoms with Crippen molar-refractivity contribution < 1.29 is 86.9 Å². The summed E-state index contributed by atoms with van der Waals surface area (Å²) in [4.78, 5) is 124. The number of aliphatic carboxylic acids is 3. The van der Waals surface area contributed by atoms with Crippen LogP contribution in [0.3, 0.4) is 0 Å². The second-order valence-corrected chi connectivity index (χ2v) is 23.8. The third-order valence-electron chi connectivity index (χ3n) is 16.1. The average molecular weight is 1380 g/mol. The fraction of sp³-hybridized carbons (Fsp3) is 0.864. The van der Waals surface area contributed by atoms with Gasteiger partial charge in [0, 0.05) is 131 Å². The first kappa shape index (κ1) is 88.8. The summed E-state index contributed by atoms with van der Waals surface area (Å²) in [6.07, 6.45) is 6.76. The van der Waals surface area contributed by atoms with Crippen molar-refractivity contribution in [2.75, 3.05) is 256 Å². The molecule has 0 radical (unpaired) electrons. The second kappa shape index (κ2) is 59.8. The molecule has 30 nitrogen and oxygen atoms in total. The lowest BCUT2D eigenvalue weighted by Gasteiger charge is -2.29.